The number of rotatable bonds is 1. The second-order valence-corrected chi connectivity index (χ2v) is 5.54. The van der Waals surface area contributed by atoms with E-state index in [1.807, 2.05) is 36.7 Å². The summed E-state index contributed by atoms with van der Waals surface area (Å²) in [7, 11) is 0. The first-order valence-corrected chi connectivity index (χ1v) is 7.13. The molecule has 2 aromatic rings. The zero-order valence-corrected chi connectivity index (χ0v) is 12.7. The number of aromatic nitrogens is 3. The number of aryl methyl sites for hydroxylation is 2. The molecule has 0 fully saturated rings. The minimum absolute atomic E-state index is 0.173. The van der Waals surface area contributed by atoms with Gasteiger partial charge in [0.05, 0.1) is 23.8 Å². The van der Waals surface area contributed by atoms with Gasteiger partial charge in [-0.05, 0) is 31.5 Å². The van der Waals surface area contributed by atoms with Crippen molar-refractivity contribution in [2.45, 2.75) is 26.9 Å². The van der Waals surface area contributed by atoms with Crippen molar-refractivity contribution in [3.63, 3.8) is 0 Å². The normalized spacial score (nSPS) is 14.0. The van der Waals surface area contributed by atoms with Crippen LogP contribution in [-0.2, 0) is 13.1 Å². The summed E-state index contributed by atoms with van der Waals surface area (Å²) in [6.45, 7) is 5.52. The highest BCUT2D eigenvalue weighted by molar-refractivity contribution is 6.33. The van der Waals surface area contributed by atoms with Gasteiger partial charge >= 0.3 is 6.03 Å². The Kier molecular flexibility index (Phi) is 3.55. The van der Waals surface area contributed by atoms with E-state index < -0.39 is 0 Å². The van der Waals surface area contributed by atoms with Crippen LogP contribution < -0.4 is 5.32 Å². The molecular weight excluding hydrogens is 290 g/mol. The third kappa shape index (κ3) is 2.85. The van der Waals surface area contributed by atoms with Crippen molar-refractivity contribution in [1.29, 1.82) is 0 Å². The van der Waals surface area contributed by atoms with Crippen LogP contribution in [-0.4, -0.2) is 32.2 Å². The van der Waals surface area contributed by atoms with Crippen LogP contribution in [0.1, 0.15) is 17.2 Å². The maximum atomic E-state index is 12.3. The number of carbonyl (C=O) groups excluding carboxylic acids is 1. The second-order valence-electron chi connectivity index (χ2n) is 5.13. The average Bonchev–Trinajstić information content (AvgIpc) is 2.80. The molecule has 3 rings (SSSR count). The van der Waals surface area contributed by atoms with Gasteiger partial charge in [-0.25, -0.2) is 14.5 Å². The summed E-state index contributed by atoms with van der Waals surface area (Å²) in [5, 5.41) is 7.66. The molecule has 1 aromatic carbocycles. The number of benzene rings is 1. The fraction of sp³-hybridized carbons (Fsp3) is 0.357. The minimum Gasteiger partial charge on any atom is -0.315 e. The number of hydrogen-bond acceptors (Lipinski definition) is 3. The summed E-state index contributed by atoms with van der Waals surface area (Å²) < 4.78 is 1.85. The van der Waals surface area contributed by atoms with Gasteiger partial charge < -0.3 is 10.2 Å². The number of hydrogen-bond donors (Lipinski definition) is 1. The number of fused-ring (bicyclic) bond motifs is 1. The van der Waals surface area contributed by atoms with Gasteiger partial charge in [0, 0.05) is 6.54 Å². The van der Waals surface area contributed by atoms with Gasteiger partial charge in [0.1, 0.15) is 11.6 Å². The number of carbonyl (C=O) groups is 1. The third-order valence-corrected chi connectivity index (χ3v) is 3.73. The highest BCUT2D eigenvalue weighted by atomic mass is 35.5. The van der Waals surface area contributed by atoms with Crippen LogP contribution in [0.5, 0.6) is 0 Å². The molecule has 2 heterocycles. The fourth-order valence-corrected chi connectivity index (χ4v) is 2.63. The summed E-state index contributed by atoms with van der Waals surface area (Å²) in [4.78, 5) is 18.4. The Morgan fingerprint density at radius 1 is 1.33 bits per heavy atom. The Balaban J connectivity index is 1.72. The fourth-order valence-electron chi connectivity index (χ4n) is 2.35. The predicted molar refractivity (Wildman–Crippen MR) is 80.4 cm³/mol. The van der Waals surface area contributed by atoms with Gasteiger partial charge in [0.25, 0.3) is 0 Å². The van der Waals surface area contributed by atoms with E-state index in [0.29, 0.717) is 30.3 Å². The molecule has 21 heavy (non-hydrogen) atoms. The van der Waals surface area contributed by atoms with Crippen LogP contribution in [0, 0.1) is 13.8 Å². The van der Waals surface area contributed by atoms with Gasteiger partial charge in [-0.15, -0.1) is 0 Å². The smallest absolute Gasteiger partial charge is 0.315 e. The molecule has 0 bridgehead atoms. The Hall–Kier alpha value is -2.08. The van der Waals surface area contributed by atoms with Crippen LogP contribution in [0.2, 0.25) is 5.02 Å². The molecule has 1 aromatic heterocycles. The van der Waals surface area contributed by atoms with E-state index in [1.165, 1.54) is 0 Å². The van der Waals surface area contributed by atoms with E-state index in [0.717, 1.165) is 17.2 Å². The van der Waals surface area contributed by atoms with Crippen molar-refractivity contribution >= 4 is 23.3 Å². The van der Waals surface area contributed by atoms with E-state index in [2.05, 4.69) is 15.4 Å². The van der Waals surface area contributed by atoms with Crippen molar-refractivity contribution in [2.75, 3.05) is 11.9 Å². The zero-order valence-electron chi connectivity index (χ0n) is 11.9. The molecule has 0 radical (unpaired) electrons. The molecule has 0 atom stereocenters. The summed E-state index contributed by atoms with van der Waals surface area (Å²) in [6.07, 6.45) is 0. The lowest BCUT2D eigenvalue weighted by atomic mass is 10.2. The molecule has 0 spiro atoms. The quantitative estimate of drug-likeness (QED) is 0.881. The van der Waals surface area contributed by atoms with E-state index in [9.17, 15) is 4.79 Å². The van der Waals surface area contributed by atoms with Gasteiger partial charge in [-0.3, -0.25) is 0 Å². The summed E-state index contributed by atoms with van der Waals surface area (Å²) in [5.74, 6) is 1.54. The van der Waals surface area contributed by atoms with Crippen molar-refractivity contribution in [3.05, 3.63) is 40.4 Å². The van der Waals surface area contributed by atoms with Gasteiger partial charge in [0.2, 0.25) is 0 Å². The minimum atomic E-state index is -0.173. The highest BCUT2D eigenvalue weighted by Crippen LogP contribution is 2.23. The molecule has 110 valence electrons. The van der Waals surface area contributed by atoms with E-state index in [-0.39, 0.29) is 6.03 Å². The molecule has 1 N–H and O–H groups in total. The number of anilines is 1. The average molecular weight is 306 g/mol. The van der Waals surface area contributed by atoms with Crippen LogP contribution in [0.4, 0.5) is 10.5 Å². The molecule has 1 aliphatic heterocycles. The molecule has 2 amide bonds. The SMILES string of the molecule is Cc1ccc(NC(=O)N2CCn3nc(C)nc3C2)c(Cl)c1. The van der Waals surface area contributed by atoms with Crippen LogP contribution in [0.25, 0.3) is 0 Å². The van der Waals surface area contributed by atoms with Crippen molar-refractivity contribution in [3.8, 4) is 0 Å². The van der Waals surface area contributed by atoms with Crippen molar-refractivity contribution in [1.82, 2.24) is 19.7 Å². The van der Waals surface area contributed by atoms with Gasteiger partial charge in [-0.1, -0.05) is 17.7 Å². The Bertz CT molecular complexity index is 697. The highest BCUT2D eigenvalue weighted by Gasteiger charge is 2.23. The van der Waals surface area contributed by atoms with E-state index in [4.69, 9.17) is 11.6 Å². The molecular formula is C14H16ClN5O. The molecule has 6 nitrogen and oxygen atoms in total. The van der Waals surface area contributed by atoms with Crippen LogP contribution in [0.3, 0.4) is 0 Å². The molecule has 0 saturated heterocycles. The number of amides is 2. The Morgan fingerprint density at radius 3 is 2.90 bits per heavy atom. The Morgan fingerprint density at radius 2 is 2.14 bits per heavy atom. The monoisotopic (exact) mass is 305 g/mol. The zero-order chi connectivity index (χ0) is 15.0. The maximum absolute atomic E-state index is 12.3. The number of nitrogens with one attached hydrogen (secondary N) is 1. The van der Waals surface area contributed by atoms with Crippen molar-refractivity contribution in [2.24, 2.45) is 0 Å². The van der Waals surface area contributed by atoms with Gasteiger partial charge in [0.15, 0.2) is 0 Å². The first-order valence-electron chi connectivity index (χ1n) is 6.75. The van der Waals surface area contributed by atoms with Gasteiger partial charge in [-0.2, -0.15) is 5.10 Å². The summed E-state index contributed by atoms with van der Waals surface area (Å²) in [5.41, 5.74) is 1.68. The van der Waals surface area contributed by atoms with Crippen LogP contribution >= 0.6 is 11.6 Å². The van der Waals surface area contributed by atoms with Crippen LogP contribution in [0.15, 0.2) is 18.2 Å². The number of halogens is 1. The lowest BCUT2D eigenvalue weighted by molar-refractivity contribution is 0.193. The lowest BCUT2D eigenvalue weighted by Crippen LogP contribution is -2.41. The first kappa shape index (κ1) is 13.9. The molecule has 0 saturated carbocycles. The van der Waals surface area contributed by atoms with Crippen molar-refractivity contribution < 1.29 is 4.79 Å². The Labute approximate surface area is 127 Å². The maximum Gasteiger partial charge on any atom is 0.322 e. The molecule has 0 aliphatic carbocycles. The standard InChI is InChI=1S/C14H16ClN5O/c1-9-3-4-12(11(15)7-9)17-14(21)19-5-6-20-13(8-19)16-10(2)18-20/h3-4,7H,5-6,8H2,1-2H3,(H,17,21). The summed E-state index contributed by atoms with van der Waals surface area (Å²) in [6, 6.07) is 5.38. The number of urea groups is 1. The second kappa shape index (κ2) is 5.37. The molecule has 1 aliphatic rings. The largest absolute Gasteiger partial charge is 0.322 e. The summed E-state index contributed by atoms with van der Waals surface area (Å²) >= 11 is 6.14. The molecule has 0 unspecified atom stereocenters. The number of nitrogens with zero attached hydrogens (tertiary/aromatic N) is 4. The van der Waals surface area contributed by atoms with E-state index in [1.54, 1.807) is 4.90 Å². The topological polar surface area (TPSA) is 63.1 Å². The van der Waals surface area contributed by atoms with E-state index >= 15 is 0 Å². The third-order valence-electron chi connectivity index (χ3n) is 3.42. The first-order chi connectivity index (χ1) is 10.0. The molecule has 7 heteroatoms. The lowest BCUT2D eigenvalue weighted by Gasteiger charge is -2.27. The predicted octanol–water partition coefficient (Wildman–Crippen LogP) is 2.60.